The van der Waals surface area contributed by atoms with E-state index < -0.39 is 23.4 Å². The molecule has 0 saturated carbocycles. The number of allylic oxidation sites excluding steroid dienone is 1. The molecule has 2 aromatic carbocycles. The molecule has 0 atom stereocenters. The van der Waals surface area contributed by atoms with Crippen LogP contribution in [-0.4, -0.2) is 21.8 Å². The Hall–Kier alpha value is -3.46. The van der Waals surface area contributed by atoms with Gasteiger partial charge in [-0.05, 0) is 60.4 Å². The number of phenols is 1. The minimum absolute atomic E-state index is 0.0120. The zero-order valence-corrected chi connectivity index (χ0v) is 19.6. The zero-order valence-electron chi connectivity index (χ0n) is 18.7. The number of hydrogen-bond acceptors (Lipinski definition) is 5. The molecule has 1 aromatic heterocycles. The molecule has 3 rings (SSSR count). The maximum absolute atomic E-state index is 12.9. The van der Waals surface area contributed by atoms with Crippen LogP contribution >= 0.6 is 11.3 Å². The van der Waals surface area contributed by atoms with Crippen LogP contribution in [0.25, 0.3) is 16.6 Å². The summed E-state index contributed by atoms with van der Waals surface area (Å²) in [6.07, 6.45) is -1.55. The Labute approximate surface area is 198 Å². The number of amides is 1. The molecule has 1 amide bonds. The number of benzene rings is 2. The molecule has 178 valence electrons. The maximum Gasteiger partial charge on any atom is 0.416 e. The molecular formula is C25H23F3N2O3S. The van der Waals surface area contributed by atoms with Gasteiger partial charge in [0.2, 0.25) is 5.91 Å². The number of aryl methyl sites for hydroxylation is 1. The van der Waals surface area contributed by atoms with Gasteiger partial charge in [0.05, 0.1) is 28.1 Å². The molecule has 0 saturated heterocycles. The molecule has 0 aliphatic heterocycles. The Bertz CT molecular complexity index is 1260. The van der Waals surface area contributed by atoms with Gasteiger partial charge in [0.25, 0.3) is 0 Å². The van der Waals surface area contributed by atoms with Gasteiger partial charge >= 0.3 is 6.18 Å². The van der Waals surface area contributed by atoms with Crippen molar-refractivity contribution >= 4 is 29.1 Å². The van der Waals surface area contributed by atoms with E-state index in [1.165, 1.54) is 41.7 Å². The van der Waals surface area contributed by atoms with Crippen molar-refractivity contribution in [3.05, 3.63) is 75.3 Å². The lowest BCUT2D eigenvalue weighted by molar-refractivity contribution is -0.137. The predicted molar refractivity (Wildman–Crippen MR) is 126 cm³/mol. The van der Waals surface area contributed by atoms with E-state index in [1.807, 2.05) is 13.8 Å². The average molecular weight is 489 g/mol. The van der Waals surface area contributed by atoms with Crippen LogP contribution < -0.4 is 5.73 Å². The maximum atomic E-state index is 12.9. The van der Waals surface area contributed by atoms with Crippen LogP contribution in [0.3, 0.4) is 0 Å². The summed E-state index contributed by atoms with van der Waals surface area (Å²) in [5, 5.41) is 10.8. The largest absolute Gasteiger partial charge is 0.507 e. The van der Waals surface area contributed by atoms with Gasteiger partial charge in [-0.1, -0.05) is 26.0 Å². The molecule has 9 heteroatoms. The highest BCUT2D eigenvalue weighted by molar-refractivity contribution is 7.16. The van der Waals surface area contributed by atoms with E-state index >= 15 is 0 Å². The predicted octanol–water partition coefficient (Wildman–Crippen LogP) is 5.89. The molecule has 0 spiro atoms. The normalized spacial score (nSPS) is 12.0. The monoisotopic (exact) mass is 488 g/mol. The average Bonchev–Trinajstić information content (AvgIpc) is 3.18. The minimum atomic E-state index is -4.42. The van der Waals surface area contributed by atoms with E-state index in [1.54, 1.807) is 13.0 Å². The Morgan fingerprint density at radius 1 is 1.18 bits per heavy atom. The number of thiazole rings is 1. The third kappa shape index (κ3) is 5.72. The number of nitrogens with two attached hydrogens (primary N) is 1. The summed E-state index contributed by atoms with van der Waals surface area (Å²) in [4.78, 5) is 29.2. The van der Waals surface area contributed by atoms with Gasteiger partial charge in [0.1, 0.15) is 10.8 Å². The minimum Gasteiger partial charge on any atom is -0.507 e. The smallest absolute Gasteiger partial charge is 0.416 e. The fourth-order valence-electron chi connectivity index (χ4n) is 3.36. The van der Waals surface area contributed by atoms with Crippen LogP contribution in [0, 0.1) is 6.92 Å². The molecule has 3 N–H and O–H groups in total. The summed E-state index contributed by atoms with van der Waals surface area (Å²) in [5.74, 6) is -1.23. The number of aromatic nitrogens is 1. The summed E-state index contributed by atoms with van der Waals surface area (Å²) in [6.45, 7) is 5.57. The van der Waals surface area contributed by atoms with Gasteiger partial charge in [-0.3, -0.25) is 9.59 Å². The molecule has 0 aliphatic rings. The molecule has 0 aliphatic carbocycles. The van der Waals surface area contributed by atoms with Crippen molar-refractivity contribution in [1.82, 2.24) is 4.98 Å². The van der Waals surface area contributed by atoms with Gasteiger partial charge in [0.15, 0.2) is 5.78 Å². The van der Waals surface area contributed by atoms with Crippen LogP contribution in [0.1, 0.15) is 57.4 Å². The Kier molecular flexibility index (Phi) is 7.26. The lowest BCUT2D eigenvalue weighted by atomic mass is 9.99. The second-order valence-electron chi connectivity index (χ2n) is 8.13. The quantitative estimate of drug-likeness (QED) is 0.320. The molecule has 3 aromatic rings. The van der Waals surface area contributed by atoms with E-state index in [-0.39, 0.29) is 23.7 Å². The molecule has 5 nitrogen and oxygen atoms in total. The summed E-state index contributed by atoms with van der Waals surface area (Å²) >= 11 is 1.26. The lowest BCUT2D eigenvalue weighted by Gasteiger charge is -2.08. The van der Waals surface area contributed by atoms with Crippen LogP contribution in [0.5, 0.6) is 5.75 Å². The fraction of sp³-hybridized carbons (Fsp3) is 0.240. The lowest BCUT2D eigenvalue weighted by Crippen LogP contribution is -2.14. The van der Waals surface area contributed by atoms with Crippen molar-refractivity contribution in [1.29, 1.82) is 0 Å². The number of ketones is 1. The number of alkyl halides is 3. The molecule has 0 bridgehead atoms. The van der Waals surface area contributed by atoms with Gasteiger partial charge in [-0.2, -0.15) is 13.2 Å². The molecular weight excluding hydrogens is 465 g/mol. The standard InChI is InChI=1S/C25H23F3N2O3S/c1-13(2)23-21(34-24(30-23)15-4-6-17(7-5-15)25(26,27)28)9-8-19(31)18-10-14(3)16(11-20(18)32)12-22(29)33/h4-11,13,32H,12H2,1-3H3,(H2,29,33). The highest BCUT2D eigenvalue weighted by atomic mass is 32.1. The summed E-state index contributed by atoms with van der Waals surface area (Å²) in [5.41, 5.74) is 7.00. The van der Waals surface area contributed by atoms with E-state index in [2.05, 4.69) is 4.98 Å². The Balaban J connectivity index is 1.90. The van der Waals surface area contributed by atoms with Crippen LogP contribution in [0.4, 0.5) is 13.2 Å². The van der Waals surface area contributed by atoms with E-state index in [0.29, 0.717) is 32.3 Å². The number of halogens is 3. The molecule has 0 unspecified atom stereocenters. The third-order valence-electron chi connectivity index (χ3n) is 5.16. The number of carbonyl (C=O) groups excluding carboxylic acids is 2. The van der Waals surface area contributed by atoms with Crippen molar-refractivity contribution < 1.29 is 27.9 Å². The van der Waals surface area contributed by atoms with Crippen LogP contribution in [0.15, 0.2) is 42.5 Å². The SMILES string of the molecule is Cc1cc(C(=O)C=Cc2sc(-c3ccc(C(F)(F)F)cc3)nc2C(C)C)c(O)cc1CC(N)=O. The van der Waals surface area contributed by atoms with E-state index in [9.17, 15) is 27.9 Å². The van der Waals surface area contributed by atoms with Crippen LogP contribution in [0.2, 0.25) is 0 Å². The van der Waals surface area contributed by atoms with Crippen molar-refractivity contribution in [2.24, 2.45) is 5.73 Å². The van der Waals surface area contributed by atoms with Crippen molar-refractivity contribution in [2.75, 3.05) is 0 Å². The fourth-order valence-corrected chi connectivity index (χ4v) is 4.49. The number of primary amides is 1. The first-order valence-corrected chi connectivity index (χ1v) is 11.2. The number of phenolic OH excluding ortho intramolecular Hbond substituents is 1. The number of nitrogens with zero attached hydrogens (tertiary/aromatic N) is 1. The van der Waals surface area contributed by atoms with Gasteiger partial charge in [-0.15, -0.1) is 11.3 Å². The third-order valence-corrected chi connectivity index (χ3v) is 6.24. The highest BCUT2D eigenvalue weighted by Gasteiger charge is 2.30. The van der Waals surface area contributed by atoms with Crippen LogP contribution in [-0.2, 0) is 17.4 Å². The first-order chi connectivity index (χ1) is 15.9. The molecule has 0 radical (unpaired) electrons. The highest BCUT2D eigenvalue weighted by Crippen LogP contribution is 2.35. The van der Waals surface area contributed by atoms with Gasteiger partial charge < -0.3 is 10.8 Å². The van der Waals surface area contributed by atoms with E-state index in [4.69, 9.17) is 5.73 Å². The molecule has 0 fully saturated rings. The van der Waals surface area contributed by atoms with Gasteiger partial charge in [0, 0.05) is 5.56 Å². The van der Waals surface area contributed by atoms with E-state index in [0.717, 1.165) is 12.1 Å². The number of aromatic hydroxyl groups is 1. The topological polar surface area (TPSA) is 93.3 Å². The Morgan fingerprint density at radius 3 is 2.38 bits per heavy atom. The summed E-state index contributed by atoms with van der Waals surface area (Å²) in [7, 11) is 0. The first-order valence-electron chi connectivity index (χ1n) is 10.4. The van der Waals surface area contributed by atoms with Crippen molar-refractivity contribution in [3.63, 3.8) is 0 Å². The summed E-state index contributed by atoms with van der Waals surface area (Å²) in [6, 6.07) is 7.63. The second-order valence-corrected chi connectivity index (χ2v) is 9.17. The summed E-state index contributed by atoms with van der Waals surface area (Å²) < 4.78 is 38.6. The van der Waals surface area contributed by atoms with Crippen molar-refractivity contribution in [3.8, 4) is 16.3 Å². The van der Waals surface area contributed by atoms with Crippen molar-refractivity contribution in [2.45, 2.75) is 39.3 Å². The second kappa shape index (κ2) is 9.80. The number of carbonyl (C=O) groups is 2. The number of hydrogen-bond donors (Lipinski definition) is 2. The first kappa shape index (κ1) is 25.2. The zero-order chi connectivity index (χ0) is 25.2. The number of rotatable bonds is 7. The Morgan fingerprint density at radius 2 is 1.82 bits per heavy atom. The molecule has 1 heterocycles. The van der Waals surface area contributed by atoms with Gasteiger partial charge in [-0.25, -0.2) is 4.98 Å². The molecule has 34 heavy (non-hydrogen) atoms.